The maximum absolute atomic E-state index is 11.2. The van der Waals surface area contributed by atoms with Crippen LogP contribution in [0, 0.1) is 5.21 Å². The molecule has 62 valence electrons. The quantitative estimate of drug-likeness (QED) is 0.430. The van der Waals surface area contributed by atoms with Crippen LogP contribution in [-0.2, 0) is 10.0 Å². The monoisotopic (exact) mass is 183 g/mol. The van der Waals surface area contributed by atoms with E-state index < -0.39 is 10.0 Å². The van der Waals surface area contributed by atoms with Crippen LogP contribution in [0.3, 0.4) is 0 Å². The van der Waals surface area contributed by atoms with Crippen molar-refractivity contribution in [2.24, 2.45) is 0 Å². The van der Waals surface area contributed by atoms with Gasteiger partial charge in [0.2, 0.25) is 6.21 Å². The Morgan fingerprint density at radius 1 is 1.25 bits per heavy atom. The predicted octanol–water partition coefficient (Wildman–Crippen LogP) is 0.318. The average molecular weight is 183 g/mol. The number of sulfonamides is 1. The lowest BCUT2D eigenvalue weighted by molar-refractivity contribution is -0.270. The molecule has 2 rings (SSSR count). The van der Waals surface area contributed by atoms with Crippen LogP contribution in [0.2, 0.25) is 0 Å². The number of hydrogen-bond acceptors (Lipinski definition) is 3. The molecule has 0 N–H and O–H groups in total. The standard InChI is InChI=1S/C7H5NO3S/c9-8-5-6-3-1-2-4-7(6)12(8,10)11/h1-5H. The van der Waals surface area contributed by atoms with Crippen molar-refractivity contribution in [2.45, 2.75) is 4.90 Å². The third kappa shape index (κ3) is 0.767. The summed E-state index contributed by atoms with van der Waals surface area (Å²) in [4.78, 5) is 0.0833. The Morgan fingerprint density at radius 3 is 2.58 bits per heavy atom. The molecule has 0 amide bonds. The van der Waals surface area contributed by atoms with Gasteiger partial charge in [-0.05, 0) is 12.1 Å². The Morgan fingerprint density at radius 2 is 1.92 bits per heavy atom. The van der Waals surface area contributed by atoms with Crippen LogP contribution < -0.4 is 0 Å². The van der Waals surface area contributed by atoms with Gasteiger partial charge in [-0.25, -0.2) is 0 Å². The van der Waals surface area contributed by atoms with Crippen molar-refractivity contribution in [1.82, 2.24) is 0 Å². The molecule has 12 heavy (non-hydrogen) atoms. The zero-order valence-electron chi connectivity index (χ0n) is 5.97. The van der Waals surface area contributed by atoms with E-state index in [0.29, 0.717) is 5.56 Å². The first-order valence-electron chi connectivity index (χ1n) is 3.28. The molecule has 0 atom stereocenters. The Labute approximate surface area is 69.4 Å². The fraction of sp³-hybridized carbons (Fsp3) is 0. The van der Waals surface area contributed by atoms with E-state index >= 15 is 0 Å². The van der Waals surface area contributed by atoms with Gasteiger partial charge in [0.05, 0.1) is 5.56 Å². The van der Waals surface area contributed by atoms with Crippen molar-refractivity contribution in [2.75, 3.05) is 0 Å². The second-order valence-electron chi connectivity index (χ2n) is 2.43. The molecule has 4 nitrogen and oxygen atoms in total. The molecule has 0 bridgehead atoms. The zero-order chi connectivity index (χ0) is 8.77. The summed E-state index contributed by atoms with van der Waals surface area (Å²) in [5.74, 6) is 0. The van der Waals surface area contributed by atoms with Crippen LogP contribution in [0.1, 0.15) is 5.56 Å². The lowest BCUT2D eigenvalue weighted by Gasteiger charge is -1.95. The van der Waals surface area contributed by atoms with E-state index in [2.05, 4.69) is 0 Å². The summed E-state index contributed by atoms with van der Waals surface area (Å²) >= 11 is 0. The molecule has 1 aliphatic rings. The number of fused-ring (bicyclic) bond motifs is 1. The second kappa shape index (κ2) is 2.07. The van der Waals surface area contributed by atoms with E-state index in [0.717, 1.165) is 6.21 Å². The molecule has 0 spiro atoms. The van der Waals surface area contributed by atoms with Gasteiger partial charge >= 0.3 is 10.0 Å². The fourth-order valence-corrected chi connectivity index (χ4v) is 2.22. The minimum absolute atomic E-state index is 0.0162. The summed E-state index contributed by atoms with van der Waals surface area (Å²) < 4.78 is 22.3. The topological polar surface area (TPSA) is 60.2 Å². The van der Waals surface area contributed by atoms with Crippen molar-refractivity contribution in [3.05, 3.63) is 35.0 Å². The first-order chi connectivity index (χ1) is 5.62. The maximum Gasteiger partial charge on any atom is 0.406 e. The molecule has 0 unspecified atom stereocenters. The lowest BCUT2D eigenvalue weighted by atomic mass is 10.2. The van der Waals surface area contributed by atoms with Crippen molar-refractivity contribution in [1.29, 1.82) is 0 Å². The molecule has 0 radical (unpaired) electrons. The summed E-state index contributed by atoms with van der Waals surface area (Å²) in [6, 6.07) is 6.28. The Bertz CT molecular complexity index is 461. The average Bonchev–Trinajstić information content (AvgIpc) is 2.25. The normalized spacial score (nSPS) is 18.5. The first kappa shape index (κ1) is 7.30. The third-order valence-corrected chi connectivity index (χ3v) is 3.19. The molecule has 1 aromatic carbocycles. The van der Waals surface area contributed by atoms with Gasteiger partial charge in [-0.1, -0.05) is 16.3 Å². The van der Waals surface area contributed by atoms with E-state index in [1.165, 1.54) is 6.07 Å². The highest BCUT2D eigenvalue weighted by Gasteiger charge is 2.32. The highest BCUT2D eigenvalue weighted by molar-refractivity contribution is 7.86. The van der Waals surface area contributed by atoms with Gasteiger partial charge in [0.1, 0.15) is 4.90 Å². The van der Waals surface area contributed by atoms with Gasteiger partial charge < -0.3 is 5.21 Å². The second-order valence-corrected chi connectivity index (χ2v) is 4.18. The SMILES string of the molecule is O=S1(=O)c2ccccc2C=[N+]1[O-]. The first-order valence-corrected chi connectivity index (χ1v) is 4.72. The van der Waals surface area contributed by atoms with E-state index in [-0.39, 0.29) is 9.04 Å². The van der Waals surface area contributed by atoms with E-state index in [4.69, 9.17) is 0 Å². The van der Waals surface area contributed by atoms with Crippen molar-refractivity contribution < 1.29 is 12.6 Å². The minimum atomic E-state index is -3.76. The van der Waals surface area contributed by atoms with E-state index in [9.17, 15) is 13.6 Å². The summed E-state index contributed by atoms with van der Waals surface area (Å²) in [7, 11) is -3.76. The Balaban J connectivity index is 2.83. The molecule has 0 saturated carbocycles. The van der Waals surface area contributed by atoms with Crippen molar-refractivity contribution in [3.63, 3.8) is 0 Å². The molecule has 0 saturated heterocycles. The largest absolute Gasteiger partial charge is 0.607 e. The number of rotatable bonds is 0. The lowest BCUT2D eigenvalue weighted by Crippen LogP contribution is -2.09. The number of benzene rings is 1. The van der Waals surface area contributed by atoms with Gasteiger partial charge in [-0.3, -0.25) is 0 Å². The van der Waals surface area contributed by atoms with Gasteiger partial charge in [0.15, 0.2) is 0 Å². The number of nitrogens with zero attached hydrogens (tertiary/aromatic N) is 1. The molecule has 0 aliphatic carbocycles. The van der Waals surface area contributed by atoms with Crippen LogP contribution in [0.5, 0.6) is 0 Å². The smallest absolute Gasteiger partial charge is 0.406 e. The fourth-order valence-electron chi connectivity index (χ4n) is 1.10. The van der Waals surface area contributed by atoms with Crippen LogP contribution >= 0.6 is 0 Å². The summed E-state index contributed by atoms with van der Waals surface area (Å²) in [5, 5.41) is 10.8. The van der Waals surface area contributed by atoms with Gasteiger partial charge in [0, 0.05) is 0 Å². The Hall–Kier alpha value is -1.36. The molecule has 5 heteroatoms. The molecule has 0 aromatic heterocycles. The Kier molecular flexibility index (Phi) is 1.26. The molecule has 1 aromatic rings. The van der Waals surface area contributed by atoms with Crippen LogP contribution in [-0.4, -0.2) is 18.8 Å². The molecular weight excluding hydrogens is 178 g/mol. The van der Waals surface area contributed by atoms with Gasteiger partial charge in [-0.2, -0.15) is 8.42 Å². The summed E-state index contributed by atoms with van der Waals surface area (Å²) in [6.07, 6.45) is 1.06. The van der Waals surface area contributed by atoms with Crippen LogP contribution in [0.25, 0.3) is 0 Å². The van der Waals surface area contributed by atoms with Crippen LogP contribution in [0.15, 0.2) is 29.2 Å². The zero-order valence-corrected chi connectivity index (χ0v) is 6.78. The highest BCUT2D eigenvalue weighted by atomic mass is 32.2. The molecule has 1 heterocycles. The highest BCUT2D eigenvalue weighted by Crippen LogP contribution is 2.20. The van der Waals surface area contributed by atoms with Gasteiger partial charge in [0.25, 0.3) is 0 Å². The number of hydrogen-bond donors (Lipinski definition) is 0. The molecule has 1 aliphatic heterocycles. The molecular formula is C7H5NO3S. The maximum atomic E-state index is 11.2. The van der Waals surface area contributed by atoms with Crippen LogP contribution in [0.4, 0.5) is 0 Å². The van der Waals surface area contributed by atoms with E-state index in [1.54, 1.807) is 18.2 Å². The van der Waals surface area contributed by atoms with Gasteiger partial charge in [-0.15, -0.1) is 0 Å². The summed E-state index contributed by atoms with van der Waals surface area (Å²) in [6.45, 7) is 0. The molecule has 0 fully saturated rings. The van der Waals surface area contributed by atoms with E-state index in [1.807, 2.05) is 0 Å². The minimum Gasteiger partial charge on any atom is -0.607 e. The van der Waals surface area contributed by atoms with Crippen molar-refractivity contribution >= 4 is 16.2 Å². The van der Waals surface area contributed by atoms with Crippen molar-refractivity contribution in [3.8, 4) is 0 Å². The predicted molar refractivity (Wildman–Crippen MR) is 42.4 cm³/mol. The third-order valence-electron chi connectivity index (χ3n) is 1.68. The summed E-state index contributed by atoms with van der Waals surface area (Å²) in [5.41, 5.74) is 0.451.